The molecule has 4 heterocycles. The van der Waals surface area contributed by atoms with Crippen LogP contribution in [-0.4, -0.2) is 49.3 Å². The van der Waals surface area contributed by atoms with Gasteiger partial charge in [-0.1, -0.05) is 29.5 Å². The van der Waals surface area contributed by atoms with E-state index in [4.69, 9.17) is 9.47 Å². The fourth-order valence-corrected chi connectivity index (χ4v) is 5.57. The van der Waals surface area contributed by atoms with Crippen LogP contribution in [0.4, 0.5) is 10.8 Å². The number of nitrogens with zero attached hydrogens (tertiary/aromatic N) is 3. The Kier molecular flexibility index (Phi) is 5.00. The molecule has 2 aliphatic rings. The highest BCUT2D eigenvalue weighted by molar-refractivity contribution is 7.22. The molecule has 4 aromatic rings. The fourth-order valence-electron chi connectivity index (χ4n) is 4.68. The van der Waals surface area contributed by atoms with Crippen LogP contribution in [0.1, 0.15) is 16.1 Å². The maximum Gasteiger partial charge on any atom is 0.259 e. The van der Waals surface area contributed by atoms with Crippen molar-refractivity contribution in [2.75, 3.05) is 43.6 Å². The molecule has 0 radical (unpaired) electrons. The number of ether oxygens (including phenoxy) is 2. The number of fused-ring (bicyclic) bond motifs is 1. The van der Waals surface area contributed by atoms with Crippen molar-refractivity contribution in [3.63, 3.8) is 0 Å². The molecular formula is C26H24N4O3S. The first-order valence-electron chi connectivity index (χ1n) is 11.2. The number of aromatic nitrogens is 2. The second-order valence-electron chi connectivity index (χ2n) is 9.05. The van der Waals surface area contributed by atoms with Gasteiger partial charge < -0.3 is 14.4 Å². The van der Waals surface area contributed by atoms with Crippen LogP contribution in [0.3, 0.4) is 0 Å². The monoisotopic (exact) mass is 472 g/mol. The van der Waals surface area contributed by atoms with E-state index in [1.807, 2.05) is 43.3 Å². The third-order valence-electron chi connectivity index (χ3n) is 6.51. The van der Waals surface area contributed by atoms with E-state index in [0.29, 0.717) is 21.9 Å². The number of amides is 1. The Bertz CT molecular complexity index is 1400. The van der Waals surface area contributed by atoms with Gasteiger partial charge in [0.05, 0.1) is 41.5 Å². The van der Waals surface area contributed by atoms with Crippen LogP contribution in [-0.2, 0) is 4.74 Å². The van der Waals surface area contributed by atoms with Crippen molar-refractivity contribution in [1.82, 2.24) is 9.97 Å². The zero-order valence-corrected chi connectivity index (χ0v) is 19.8. The molecule has 6 rings (SSSR count). The van der Waals surface area contributed by atoms with Crippen molar-refractivity contribution in [1.29, 1.82) is 0 Å². The van der Waals surface area contributed by atoms with Gasteiger partial charge >= 0.3 is 0 Å². The normalized spacial score (nSPS) is 16.2. The van der Waals surface area contributed by atoms with Crippen molar-refractivity contribution < 1.29 is 14.3 Å². The molecule has 0 atom stereocenters. The van der Waals surface area contributed by atoms with Crippen LogP contribution < -0.4 is 15.0 Å². The van der Waals surface area contributed by atoms with Crippen LogP contribution in [0.15, 0.2) is 54.7 Å². The molecule has 1 spiro atoms. The summed E-state index contributed by atoms with van der Waals surface area (Å²) in [5.41, 5.74) is 5.35. The lowest BCUT2D eigenvalue weighted by Gasteiger charge is -2.56. The summed E-state index contributed by atoms with van der Waals surface area (Å²) in [4.78, 5) is 24.7. The first kappa shape index (κ1) is 21.1. The number of carbonyl (C=O) groups excluding carboxylic acids is 1. The van der Waals surface area contributed by atoms with Gasteiger partial charge in [0.25, 0.3) is 5.91 Å². The van der Waals surface area contributed by atoms with E-state index in [1.54, 1.807) is 13.3 Å². The highest BCUT2D eigenvalue weighted by atomic mass is 32.1. The van der Waals surface area contributed by atoms with Gasteiger partial charge in [-0.25, -0.2) is 4.98 Å². The standard InChI is InChI=1S/C26H24N4O3S/c1-16-9-19(18-5-3-4-6-22(18)32-2)20(11-27-16)24(31)29-25-28-21-8-7-17(10-23(21)34-25)30-12-26(13-30)14-33-15-26/h3-11H,12-15H2,1-2H3,(H,28,29,31). The third kappa shape index (κ3) is 3.59. The molecule has 172 valence electrons. The van der Waals surface area contributed by atoms with Crippen molar-refractivity contribution in [2.45, 2.75) is 6.92 Å². The molecule has 34 heavy (non-hydrogen) atoms. The number of rotatable bonds is 5. The summed E-state index contributed by atoms with van der Waals surface area (Å²) in [6.45, 7) is 5.71. The Hall–Kier alpha value is -3.49. The lowest BCUT2D eigenvalue weighted by atomic mass is 9.78. The zero-order valence-electron chi connectivity index (χ0n) is 19.0. The van der Waals surface area contributed by atoms with Gasteiger partial charge in [-0.05, 0) is 37.3 Å². The van der Waals surface area contributed by atoms with E-state index in [1.165, 1.54) is 17.0 Å². The van der Waals surface area contributed by atoms with Gasteiger partial charge in [-0.3, -0.25) is 15.1 Å². The summed E-state index contributed by atoms with van der Waals surface area (Å²) >= 11 is 1.48. The van der Waals surface area contributed by atoms with E-state index >= 15 is 0 Å². The lowest BCUT2D eigenvalue weighted by Crippen LogP contribution is -2.66. The molecule has 0 aliphatic carbocycles. The minimum Gasteiger partial charge on any atom is -0.496 e. The van der Waals surface area contributed by atoms with Gasteiger partial charge in [0, 0.05) is 41.8 Å². The number of para-hydroxylation sites is 1. The SMILES string of the molecule is COc1ccccc1-c1cc(C)ncc1C(=O)Nc1nc2ccc(N3CC4(COC4)C3)cc2s1. The molecule has 2 saturated heterocycles. The molecule has 7 nitrogen and oxygen atoms in total. The molecule has 2 aromatic heterocycles. The van der Waals surface area contributed by atoms with E-state index in [0.717, 1.165) is 53.3 Å². The molecule has 0 bridgehead atoms. The number of thiazole rings is 1. The number of aryl methyl sites for hydroxylation is 1. The molecule has 2 aromatic carbocycles. The lowest BCUT2D eigenvalue weighted by molar-refractivity contribution is -0.127. The summed E-state index contributed by atoms with van der Waals surface area (Å²) in [7, 11) is 1.63. The molecule has 8 heteroatoms. The number of hydrogen-bond donors (Lipinski definition) is 1. The highest BCUT2D eigenvalue weighted by Gasteiger charge is 2.49. The highest BCUT2D eigenvalue weighted by Crippen LogP contribution is 2.41. The molecule has 1 amide bonds. The number of anilines is 2. The molecule has 0 saturated carbocycles. The van der Waals surface area contributed by atoms with E-state index in [9.17, 15) is 4.79 Å². The number of nitrogens with one attached hydrogen (secondary N) is 1. The van der Waals surface area contributed by atoms with Gasteiger partial charge in [-0.15, -0.1) is 0 Å². The fraction of sp³-hybridized carbons (Fsp3) is 0.269. The molecular weight excluding hydrogens is 448 g/mol. The van der Waals surface area contributed by atoms with Gasteiger partial charge in [0.1, 0.15) is 5.75 Å². The molecule has 2 aliphatic heterocycles. The van der Waals surface area contributed by atoms with E-state index < -0.39 is 0 Å². The van der Waals surface area contributed by atoms with Crippen molar-refractivity contribution in [2.24, 2.45) is 5.41 Å². The number of benzene rings is 2. The smallest absolute Gasteiger partial charge is 0.259 e. The minimum atomic E-state index is -0.248. The second-order valence-corrected chi connectivity index (χ2v) is 10.1. The number of carbonyl (C=O) groups is 1. The van der Waals surface area contributed by atoms with Crippen molar-refractivity contribution in [3.8, 4) is 16.9 Å². The topological polar surface area (TPSA) is 76.6 Å². The Labute approximate surface area is 201 Å². The first-order chi connectivity index (χ1) is 16.5. The van der Waals surface area contributed by atoms with E-state index in [2.05, 4.69) is 32.3 Å². The van der Waals surface area contributed by atoms with Gasteiger partial charge in [-0.2, -0.15) is 0 Å². The summed E-state index contributed by atoms with van der Waals surface area (Å²) in [6.07, 6.45) is 1.61. The average molecular weight is 473 g/mol. The van der Waals surface area contributed by atoms with Crippen LogP contribution in [0.25, 0.3) is 21.3 Å². The van der Waals surface area contributed by atoms with Gasteiger partial charge in [0.2, 0.25) is 0 Å². The Morgan fingerprint density at radius 3 is 2.74 bits per heavy atom. The zero-order chi connectivity index (χ0) is 23.3. The van der Waals surface area contributed by atoms with Crippen LogP contribution in [0.2, 0.25) is 0 Å². The number of methoxy groups -OCH3 is 1. The largest absolute Gasteiger partial charge is 0.496 e. The quantitative estimate of drug-likeness (QED) is 0.451. The number of hydrogen-bond acceptors (Lipinski definition) is 7. The Morgan fingerprint density at radius 1 is 1.15 bits per heavy atom. The maximum atomic E-state index is 13.3. The summed E-state index contributed by atoms with van der Waals surface area (Å²) in [6, 6.07) is 15.8. The summed E-state index contributed by atoms with van der Waals surface area (Å²) in [5.74, 6) is 0.457. The second kappa shape index (κ2) is 8.07. The maximum absolute atomic E-state index is 13.3. The van der Waals surface area contributed by atoms with Crippen LogP contribution >= 0.6 is 11.3 Å². The van der Waals surface area contributed by atoms with Crippen molar-refractivity contribution in [3.05, 3.63) is 66.0 Å². The predicted octanol–water partition coefficient (Wildman–Crippen LogP) is 4.76. The first-order valence-corrected chi connectivity index (χ1v) is 12.0. The van der Waals surface area contributed by atoms with Crippen LogP contribution in [0.5, 0.6) is 5.75 Å². The van der Waals surface area contributed by atoms with Crippen molar-refractivity contribution >= 4 is 38.3 Å². The van der Waals surface area contributed by atoms with Crippen LogP contribution in [0, 0.1) is 12.3 Å². The molecule has 2 fully saturated rings. The summed E-state index contributed by atoms with van der Waals surface area (Å²) < 4.78 is 12.0. The third-order valence-corrected chi connectivity index (χ3v) is 7.44. The summed E-state index contributed by atoms with van der Waals surface area (Å²) in [5, 5.41) is 3.55. The Morgan fingerprint density at radius 2 is 1.97 bits per heavy atom. The Balaban J connectivity index is 1.26. The number of pyridine rings is 1. The predicted molar refractivity (Wildman–Crippen MR) is 134 cm³/mol. The van der Waals surface area contributed by atoms with Gasteiger partial charge in [0.15, 0.2) is 5.13 Å². The van der Waals surface area contributed by atoms with E-state index in [-0.39, 0.29) is 5.91 Å². The molecule has 1 N–H and O–H groups in total. The molecule has 0 unspecified atom stereocenters. The minimum absolute atomic E-state index is 0.248. The average Bonchev–Trinajstić information content (AvgIpc) is 3.18.